The molecule has 1 rings (SSSR count). The van der Waals surface area contributed by atoms with Crippen LogP contribution >= 0.6 is 11.3 Å². The molecular weight excluding hydrogens is 267 g/mol. The van der Waals surface area contributed by atoms with Gasteiger partial charge in [0.1, 0.15) is 0 Å². The Morgan fingerprint density at radius 1 is 1.44 bits per heavy atom. The van der Waals surface area contributed by atoms with Gasteiger partial charge in [0.2, 0.25) is 0 Å². The van der Waals surface area contributed by atoms with Gasteiger partial charge >= 0.3 is 12.1 Å². The van der Waals surface area contributed by atoms with Gasteiger partial charge in [-0.2, -0.15) is 13.2 Å². The van der Waals surface area contributed by atoms with Crippen molar-refractivity contribution in [3.8, 4) is 0 Å². The molecule has 7 heteroatoms. The average molecular weight is 281 g/mol. The van der Waals surface area contributed by atoms with Crippen LogP contribution in [0.3, 0.4) is 0 Å². The van der Waals surface area contributed by atoms with E-state index >= 15 is 0 Å². The minimum atomic E-state index is -4.16. The van der Waals surface area contributed by atoms with Gasteiger partial charge in [-0.05, 0) is 6.92 Å². The highest BCUT2D eigenvalue weighted by molar-refractivity contribution is 7.09. The standard InChI is InChI=1S/C11H14F3NO2S/c1-2-17-10(16)4-3-8-7-18-9(15-8)5-6-11(12,13)14/h7H,2-6H2,1H3. The fourth-order valence-electron chi connectivity index (χ4n) is 1.29. The fraction of sp³-hybridized carbons (Fsp3) is 0.636. The number of rotatable bonds is 6. The molecule has 0 spiro atoms. The van der Waals surface area contributed by atoms with Gasteiger partial charge in [-0.15, -0.1) is 11.3 Å². The zero-order valence-corrected chi connectivity index (χ0v) is 10.7. The Kier molecular flexibility index (Phi) is 5.58. The Morgan fingerprint density at radius 2 is 2.17 bits per heavy atom. The molecule has 0 aliphatic carbocycles. The lowest BCUT2D eigenvalue weighted by Crippen LogP contribution is -2.08. The zero-order chi connectivity index (χ0) is 13.6. The summed E-state index contributed by atoms with van der Waals surface area (Å²) >= 11 is 1.19. The van der Waals surface area contributed by atoms with E-state index in [-0.39, 0.29) is 18.8 Å². The predicted molar refractivity (Wildman–Crippen MR) is 61.4 cm³/mol. The first-order valence-corrected chi connectivity index (χ1v) is 6.44. The van der Waals surface area contributed by atoms with Crippen molar-refractivity contribution < 1.29 is 22.7 Å². The summed E-state index contributed by atoms with van der Waals surface area (Å²) in [5.74, 6) is -0.317. The molecular formula is C11H14F3NO2S. The van der Waals surface area contributed by atoms with Crippen LogP contribution in [0.5, 0.6) is 0 Å². The van der Waals surface area contributed by atoms with E-state index in [9.17, 15) is 18.0 Å². The number of aryl methyl sites for hydroxylation is 2. The van der Waals surface area contributed by atoms with E-state index < -0.39 is 12.6 Å². The number of hydrogen-bond donors (Lipinski definition) is 0. The quantitative estimate of drug-likeness (QED) is 0.752. The van der Waals surface area contributed by atoms with Crippen LogP contribution in [0.2, 0.25) is 0 Å². The van der Waals surface area contributed by atoms with Crippen LogP contribution in [0.4, 0.5) is 13.2 Å². The average Bonchev–Trinajstić information content (AvgIpc) is 2.71. The maximum atomic E-state index is 12.0. The number of carbonyl (C=O) groups is 1. The van der Waals surface area contributed by atoms with Crippen LogP contribution in [-0.4, -0.2) is 23.7 Å². The van der Waals surface area contributed by atoms with E-state index in [0.717, 1.165) is 0 Å². The highest BCUT2D eigenvalue weighted by Crippen LogP contribution is 2.23. The highest BCUT2D eigenvalue weighted by Gasteiger charge is 2.27. The topological polar surface area (TPSA) is 39.2 Å². The fourth-order valence-corrected chi connectivity index (χ4v) is 2.12. The number of esters is 1. The Bertz CT molecular complexity index is 390. The Morgan fingerprint density at radius 3 is 2.78 bits per heavy atom. The second-order valence-electron chi connectivity index (χ2n) is 3.65. The molecule has 0 saturated heterocycles. The van der Waals surface area contributed by atoms with Crippen molar-refractivity contribution >= 4 is 17.3 Å². The minimum Gasteiger partial charge on any atom is -0.466 e. The molecule has 0 unspecified atom stereocenters. The summed E-state index contributed by atoms with van der Waals surface area (Å²) in [6.07, 6.45) is -4.51. The predicted octanol–water partition coefficient (Wildman–Crippen LogP) is 3.13. The molecule has 1 aromatic heterocycles. The molecule has 1 aromatic rings. The number of nitrogens with zero attached hydrogens (tertiary/aromatic N) is 1. The first-order valence-electron chi connectivity index (χ1n) is 5.56. The van der Waals surface area contributed by atoms with Crippen molar-refractivity contribution in [2.75, 3.05) is 6.61 Å². The number of hydrogen-bond acceptors (Lipinski definition) is 4. The summed E-state index contributed by atoms with van der Waals surface area (Å²) in [6, 6.07) is 0. The van der Waals surface area contributed by atoms with Crippen molar-refractivity contribution in [3.05, 3.63) is 16.1 Å². The summed E-state index contributed by atoms with van der Waals surface area (Å²) in [4.78, 5) is 15.1. The van der Waals surface area contributed by atoms with Crippen LogP contribution in [-0.2, 0) is 22.4 Å². The highest BCUT2D eigenvalue weighted by atomic mass is 32.1. The van der Waals surface area contributed by atoms with Gasteiger partial charge in [0, 0.05) is 24.6 Å². The Labute approximate surface area is 107 Å². The van der Waals surface area contributed by atoms with Gasteiger partial charge in [-0.3, -0.25) is 4.79 Å². The van der Waals surface area contributed by atoms with E-state index in [1.54, 1.807) is 12.3 Å². The van der Waals surface area contributed by atoms with Crippen molar-refractivity contribution in [1.82, 2.24) is 4.98 Å². The lowest BCUT2D eigenvalue weighted by Gasteiger charge is -2.03. The monoisotopic (exact) mass is 281 g/mol. The van der Waals surface area contributed by atoms with E-state index in [1.165, 1.54) is 11.3 Å². The molecule has 0 fully saturated rings. The third kappa shape index (κ3) is 6.00. The Balaban J connectivity index is 2.36. The van der Waals surface area contributed by atoms with Crippen molar-refractivity contribution in [2.45, 2.75) is 38.8 Å². The number of alkyl halides is 3. The van der Waals surface area contributed by atoms with Crippen molar-refractivity contribution in [3.63, 3.8) is 0 Å². The van der Waals surface area contributed by atoms with Gasteiger partial charge in [-0.1, -0.05) is 0 Å². The molecule has 0 aliphatic rings. The lowest BCUT2D eigenvalue weighted by atomic mass is 10.2. The van der Waals surface area contributed by atoms with Gasteiger partial charge in [0.05, 0.1) is 23.7 Å². The van der Waals surface area contributed by atoms with Crippen LogP contribution in [0.25, 0.3) is 0 Å². The van der Waals surface area contributed by atoms with Crippen molar-refractivity contribution in [2.24, 2.45) is 0 Å². The first kappa shape index (κ1) is 14.9. The molecule has 1 heterocycles. The van der Waals surface area contributed by atoms with E-state index in [1.807, 2.05) is 0 Å². The molecule has 18 heavy (non-hydrogen) atoms. The summed E-state index contributed by atoms with van der Waals surface area (Å²) < 4.78 is 40.8. The normalized spacial score (nSPS) is 11.6. The Hall–Kier alpha value is -1.11. The number of thiazole rings is 1. The van der Waals surface area contributed by atoms with Gasteiger partial charge in [0.15, 0.2) is 0 Å². The molecule has 0 atom stereocenters. The largest absolute Gasteiger partial charge is 0.466 e. The maximum absolute atomic E-state index is 12.0. The third-order valence-corrected chi connectivity index (χ3v) is 3.07. The van der Waals surface area contributed by atoms with E-state index in [2.05, 4.69) is 4.98 Å². The third-order valence-electron chi connectivity index (χ3n) is 2.11. The second-order valence-corrected chi connectivity index (χ2v) is 4.60. The van der Waals surface area contributed by atoms with Gasteiger partial charge < -0.3 is 4.74 Å². The second kappa shape index (κ2) is 6.72. The molecule has 0 saturated carbocycles. The van der Waals surface area contributed by atoms with Crippen LogP contribution in [0.15, 0.2) is 5.38 Å². The van der Waals surface area contributed by atoms with Crippen LogP contribution < -0.4 is 0 Å². The molecule has 3 nitrogen and oxygen atoms in total. The van der Waals surface area contributed by atoms with Gasteiger partial charge in [-0.25, -0.2) is 4.98 Å². The smallest absolute Gasteiger partial charge is 0.389 e. The van der Waals surface area contributed by atoms with Crippen molar-refractivity contribution in [1.29, 1.82) is 0 Å². The van der Waals surface area contributed by atoms with E-state index in [0.29, 0.717) is 23.7 Å². The zero-order valence-electron chi connectivity index (χ0n) is 9.92. The molecule has 0 aliphatic heterocycles. The summed E-state index contributed by atoms with van der Waals surface area (Å²) in [6.45, 7) is 2.04. The maximum Gasteiger partial charge on any atom is 0.389 e. The lowest BCUT2D eigenvalue weighted by molar-refractivity contribution is -0.143. The SMILES string of the molecule is CCOC(=O)CCc1csc(CCC(F)(F)F)n1. The molecule has 102 valence electrons. The number of carbonyl (C=O) groups excluding carboxylic acids is 1. The summed E-state index contributed by atoms with van der Waals surface area (Å²) in [5.41, 5.74) is 0.644. The molecule has 0 N–H and O–H groups in total. The van der Waals surface area contributed by atoms with Crippen LogP contribution in [0.1, 0.15) is 30.5 Å². The summed E-state index contributed by atoms with van der Waals surface area (Å²) in [5, 5.41) is 2.14. The van der Waals surface area contributed by atoms with E-state index in [4.69, 9.17) is 4.74 Å². The minimum absolute atomic E-state index is 0.104. The van der Waals surface area contributed by atoms with Gasteiger partial charge in [0.25, 0.3) is 0 Å². The molecule has 0 bridgehead atoms. The first-order chi connectivity index (χ1) is 8.40. The molecule has 0 amide bonds. The molecule has 0 aromatic carbocycles. The van der Waals surface area contributed by atoms with Crippen LogP contribution in [0, 0.1) is 0 Å². The number of aromatic nitrogens is 1. The number of ether oxygens (including phenoxy) is 1. The summed E-state index contributed by atoms with van der Waals surface area (Å²) in [7, 11) is 0. The number of halogens is 3. The molecule has 0 radical (unpaired) electrons.